The molecule has 0 aliphatic carbocycles. The van der Waals surface area contributed by atoms with E-state index in [1.165, 1.54) is 5.56 Å². The van der Waals surface area contributed by atoms with Crippen LogP contribution in [0.5, 0.6) is 0 Å². The van der Waals surface area contributed by atoms with Gasteiger partial charge in [-0.15, -0.1) is 16.7 Å². The minimum Gasteiger partial charge on any atom is -0.196 e. The number of aromatic nitrogens is 4. The molecular formula is C9H9ClN4. The SMILES string of the molecule is Cc1cccc(-n2nnnc2CCl)c1. The second kappa shape index (κ2) is 3.75. The Labute approximate surface area is 86.5 Å². The molecule has 0 unspecified atom stereocenters. The lowest BCUT2D eigenvalue weighted by Crippen LogP contribution is -2.01. The molecule has 0 aliphatic heterocycles. The molecule has 4 nitrogen and oxygen atoms in total. The molecule has 1 aromatic carbocycles. The zero-order chi connectivity index (χ0) is 9.97. The summed E-state index contributed by atoms with van der Waals surface area (Å²) in [5, 5.41) is 11.3. The topological polar surface area (TPSA) is 43.6 Å². The number of nitrogens with zero attached hydrogens (tertiary/aromatic N) is 4. The van der Waals surface area contributed by atoms with Gasteiger partial charge in [-0.05, 0) is 35.0 Å². The van der Waals surface area contributed by atoms with Gasteiger partial charge >= 0.3 is 0 Å². The van der Waals surface area contributed by atoms with Gasteiger partial charge in [-0.3, -0.25) is 0 Å². The highest BCUT2D eigenvalue weighted by atomic mass is 35.5. The lowest BCUT2D eigenvalue weighted by molar-refractivity contribution is 0.776. The lowest BCUT2D eigenvalue weighted by Gasteiger charge is -2.02. The van der Waals surface area contributed by atoms with Crippen molar-refractivity contribution in [1.29, 1.82) is 0 Å². The van der Waals surface area contributed by atoms with Gasteiger partial charge in [-0.25, -0.2) is 0 Å². The maximum absolute atomic E-state index is 5.70. The minimum absolute atomic E-state index is 0.306. The minimum atomic E-state index is 0.306. The molecule has 72 valence electrons. The first-order valence-electron chi connectivity index (χ1n) is 4.21. The van der Waals surface area contributed by atoms with E-state index in [2.05, 4.69) is 15.5 Å². The largest absolute Gasteiger partial charge is 0.196 e. The lowest BCUT2D eigenvalue weighted by atomic mass is 10.2. The molecule has 2 rings (SSSR count). The predicted molar refractivity (Wildman–Crippen MR) is 53.4 cm³/mol. The van der Waals surface area contributed by atoms with E-state index in [0.29, 0.717) is 11.7 Å². The van der Waals surface area contributed by atoms with Gasteiger partial charge in [0.2, 0.25) is 0 Å². The van der Waals surface area contributed by atoms with Gasteiger partial charge in [0, 0.05) is 0 Å². The summed E-state index contributed by atoms with van der Waals surface area (Å²) in [4.78, 5) is 0. The Kier molecular flexibility index (Phi) is 2.45. The molecule has 0 aliphatic rings. The van der Waals surface area contributed by atoms with Crippen molar-refractivity contribution in [3.8, 4) is 5.69 Å². The van der Waals surface area contributed by atoms with Crippen LogP contribution in [0.25, 0.3) is 5.69 Å². The smallest absolute Gasteiger partial charge is 0.171 e. The molecule has 2 aromatic rings. The number of aryl methyl sites for hydroxylation is 1. The van der Waals surface area contributed by atoms with Crippen molar-refractivity contribution in [2.24, 2.45) is 0 Å². The first-order chi connectivity index (χ1) is 6.81. The highest BCUT2D eigenvalue weighted by molar-refractivity contribution is 6.16. The van der Waals surface area contributed by atoms with Crippen LogP contribution in [0, 0.1) is 6.92 Å². The summed E-state index contributed by atoms with van der Waals surface area (Å²) in [7, 11) is 0. The third-order valence-corrected chi connectivity index (χ3v) is 2.14. The van der Waals surface area contributed by atoms with Crippen molar-refractivity contribution in [2.45, 2.75) is 12.8 Å². The van der Waals surface area contributed by atoms with Crippen LogP contribution in [0.3, 0.4) is 0 Å². The van der Waals surface area contributed by atoms with E-state index in [1.807, 2.05) is 31.2 Å². The summed E-state index contributed by atoms with van der Waals surface area (Å²) in [6, 6.07) is 7.93. The Morgan fingerprint density at radius 2 is 2.29 bits per heavy atom. The van der Waals surface area contributed by atoms with Crippen LogP contribution in [-0.4, -0.2) is 20.2 Å². The molecule has 0 saturated heterocycles. The predicted octanol–water partition coefficient (Wildman–Crippen LogP) is 1.71. The van der Waals surface area contributed by atoms with Crippen molar-refractivity contribution in [3.05, 3.63) is 35.7 Å². The maximum atomic E-state index is 5.70. The molecule has 0 fully saturated rings. The van der Waals surface area contributed by atoms with E-state index in [4.69, 9.17) is 11.6 Å². The van der Waals surface area contributed by atoms with Crippen molar-refractivity contribution < 1.29 is 0 Å². The van der Waals surface area contributed by atoms with E-state index >= 15 is 0 Å². The molecule has 14 heavy (non-hydrogen) atoms. The van der Waals surface area contributed by atoms with Crippen LogP contribution in [0.1, 0.15) is 11.4 Å². The summed E-state index contributed by atoms with van der Waals surface area (Å²) in [5.41, 5.74) is 2.10. The van der Waals surface area contributed by atoms with Crippen LogP contribution >= 0.6 is 11.6 Å². The second-order valence-electron chi connectivity index (χ2n) is 2.98. The van der Waals surface area contributed by atoms with Gasteiger partial charge in [0.1, 0.15) is 0 Å². The average molecular weight is 209 g/mol. The standard InChI is InChI=1S/C9H9ClN4/c1-7-3-2-4-8(5-7)14-9(6-10)11-12-13-14/h2-5H,6H2,1H3. The first-order valence-corrected chi connectivity index (χ1v) is 4.75. The molecule has 5 heteroatoms. The monoisotopic (exact) mass is 208 g/mol. The fourth-order valence-corrected chi connectivity index (χ4v) is 1.42. The number of halogens is 1. The zero-order valence-corrected chi connectivity index (χ0v) is 8.44. The summed E-state index contributed by atoms with van der Waals surface area (Å²) < 4.78 is 1.64. The molecule has 0 N–H and O–H groups in total. The van der Waals surface area contributed by atoms with E-state index in [1.54, 1.807) is 4.68 Å². The van der Waals surface area contributed by atoms with Crippen molar-refractivity contribution >= 4 is 11.6 Å². The highest BCUT2D eigenvalue weighted by Gasteiger charge is 2.05. The molecule has 1 aromatic heterocycles. The zero-order valence-electron chi connectivity index (χ0n) is 7.68. The fourth-order valence-electron chi connectivity index (χ4n) is 1.25. The van der Waals surface area contributed by atoms with Crippen LogP contribution in [-0.2, 0) is 5.88 Å². The van der Waals surface area contributed by atoms with Gasteiger partial charge in [0.05, 0.1) is 11.6 Å². The fraction of sp³-hybridized carbons (Fsp3) is 0.222. The summed E-state index contributed by atoms with van der Waals surface area (Å²) >= 11 is 5.70. The average Bonchev–Trinajstić information content (AvgIpc) is 2.65. The number of benzene rings is 1. The Morgan fingerprint density at radius 1 is 1.43 bits per heavy atom. The van der Waals surface area contributed by atoms with Gasteiger partial charge in [0.25, 0.3) is 0 Å². The Morgan fingerprint density at radius 3 is 3.00 bits per heavy atom. The van der Waals surface area contributed by atoms with Gasteiger partial charge in [-0.1, -0.05) is 12.1 Å². The number of rotatable bonds is 2. The normalized spacial score (nSPS) is 10.4. The third kappa shape index (κ3) is 1.61. The molecule has 1 heterocycles. The van der Waals surface area contributed by atoms with Gasteiger partial charge in [0.15, 0.2) is 5.82 Å². The Hall–Kier alpha value is -1.42. The summed E-state index contributed by atoms with van der Waals surface area (Å²) in [6.07, 6.45) is 0. The Balaban J connectivity index is 2.49. The number of alkyl halides is 1. The Bertz CT molecular complexity index is 438. The van der Waals surface area contributed by atoms with Crippen LogP contribution in [0.15, 0.2) is 24.3 Å². The summed E-state index contributed by atoms with van der Waals surface area (Å²) in [5.74, 6) is 0.957. The molecule has 0 saturated carbocycles. The maximum Gasteiger partial charge on any atom is 0.171 e. The van der Waals surface area contributed by atoms with Gasteiger partial charge < -0.3 is 0 Å². The van der Waals surface area contributed by atoms with Crippen molar-refractivity contribution in [1.82, 2.24) is 20.2 Å². The van der Waals surface area contributed by atoms with Crippen LogP contribution in [0.4, 0.5) is 0 Å². The molecule has 0 spiro atoms. The molecule has 0 radical (unpaired) electrons. The molecule has 0 atom stereocenters. The van der Waals surface area contributed by atoms with E-state index < -0.39 is 0 Å². The van der Waals surface area contributed by atoms with Crippen LogP contribution < -0.4 is 0 Å². The first kappa shape index (κ1) is 9.15. The molecule has 0 bridgehead atoms. The number of hydrogen-bond acceptors (Lipinski definition) is 3. The molecule has 0 amide bonds. The van der Waals surface area contributed by atoms with E-state index in [0.717, 1.165) is 5.69 Å². The molecular weight excluding hydrogens is 200 g/mol. The quantitative estimate of drug-likeness (QED) is 0.706. The third-order valence-electron chi connectivity index (χ3n) is 1.90. The van der Waals surface area contributed by atoms with Crippen molar-refractivity contribution in [3.63, 3.8) is 0 Å². The van der Waals surface area contributed by atoms with Gasteiger partial charge in [-0.2, -0.15) is 4.68 Å². The highest BCUT2D eigenvalue weighted by Crippen LogP contribution is 2.10. The number of tetrazole rings is 1. The van der Waals surface area contributed by atoms with E-state index in [9.17, 15) is 0 Å². The van der Waals surface area contributed by atoms with Crippen molar-refractivity contribution in [2.75, 3.05) is 0 Å². The van der Waals surface area contributed by atoms with Crippen LogP contribution in [0.2, 0.25) is 0 Å². The van der Waals surface area contributed by atoms with E-state index in [-0.39, 0.29) is 0 Å². The second-order valence-corrected chi connectivity index (χ2v) is 3.25. The summed E-state index contributed by atoms with van der Waals surface area (Å²) in [6.45, 7) is 2.02. The number of hydrogen-bond donors (Lipinski definition) is 0.